The fourth-order valence-electron chi connectivity index (χ4n) is 2.35. The maximum Gasteiger partial charge on any atom is 0.0254 e. The van der Waals surface area contributed by atoms with Crippen molar-refractivity contribution >= 4 is 0 Å². The number of hydrogen-bond acceptors (Lipinski definition) is 2. The predicted octanol–water partition coefficient (Wildman–Crippen LogP) is 0.936. The van der Waals surface area contributed by atoms with E-state index in [0.717, 1.165) is 17.9 Å². The van der Waals surface area contributed by atoms with Gasteiger partial charge in [-0.15, -0.1) is 0 Å². The molecule has 2 heteroatoms. The Kier molecular flexibility index (Phi) is 2.37. The Morgan fingerprint density at radius 2 is 2.00 bits per heavy atom. The van der Waals surface area contributed by atoms with Crippen LogP contribution in [0.5, 0.6) is 0 Å². The summed E-state index contributed by atoms with van der Waals surface area (Å²) in [6, 6.07) is 0.797. The molecule has 1 heterocycles. The zero-order valence-corrected chi connectivity index (χ0v) is 8.21. The van der Waals surface area contributed by atoms with E-state index in [1.54, 1.807) is 0 Å². The van der Waals surface area contributed by atoms with Crippen LogP contribution in [0.3, 0.4) is 0 Å². The number of nitrogens with one attached hydrogen (secondary N) is 1. The lowest BCUT2D eigenvalue weighted by molar-refractivity contribution is 0.241. The lowest BCUT2D eigenvalue weighted by Gasteiger charge is -2.24. The molecule has 0 aromatic carbocycles. The van der Waals surface area contributed by atoms with Crippen molar-refractivity contribution in [3.8, 4) is 0 Å². The topological polar surface area (TPSA) is 15.3 Å². The van der Waals surface area contributed by atoms with E-state index in [4.69, 9.17) is 0 Å². The first kappa shape index (κ1) is 8.52. The molecule has 0 bridgehead atoms. The smallest absolute Gasteiger partial charge is 0.0254 e. The van der Waals surface area contributed by atoms with Crippen molar-refractivity contribution in [2.24, 2.45) is 11.8 Å². The molecule has 1 saturated carbocycles. The summed E-state index contributed by atoms with van der Waals surface area (Å²) in [4.78, 5) is 2.38. The molecule has 1 aliphatic carbocycles. The molecule has 1 saturated heterocycles. The van der Waals surface area contributed by atoms with Crippen LogP contribution in [0.1, 0.15) is 19.3 Å². The summed E-state index contributed by atoms with van der Waals surface area (Å²) in [6.07, 6.45) is 4.46. The van der Waals surface area contributed by atoms with E-state index in [-0.39, 0.29) is 0 Å². The van der Waals surface area contributed by atoms with Crippen molar-refractivity contribution in [1.82, 2.24) is 10.2 Å². The molecule has 2 unspecified atom stereocenters. The van der Waals surface area contributed by atoms with Gasteiger partial charge in [0.2, 0.25) is 0 Å². The molecule has 70 valence electrons. The Bertz CT molecular complexity index is 152. The van der Waals surface area contributed by atoms with Gasteiger partial charge in [-0.3, -0.25) is 0 Å². The molecular formula is C10H20N2. The second-order valence-electron chi connectivity index (χ2n) is 4.63. The van der Waals surface area contributed by atoms with E-state index in [1.807, 2.05) is 0 Å². The van der Waals surface area contributed by atoms with Crippen LogP contribution in [-0.2, 0) is 0 Å². The van der Waals surface area contributed by atoms with Gasteiger partial charge in [-0.2, -0.15) is 0 Å². The number of nitrogens with zero attached hydrogens (tertiary/aromatic N) is 1. The standard InChI is InChI=1S/C10H20N2/c1-12(2)10-7-11-6-9(10)5-8-3-4-8/h8-11H,3-7H2,1-2H3. The van der Waals surface area contributed by atoms with E-state index < -0.39 is 0 Å². The SMILES string of the molecule is CN(C)C1CNCC1CC1CC1. The third-order valence-electron chi connectivity index (χ3n) is 3.30. The predicted molar refractivity (Wildman–Crippen MR) is 51.2 cm³/mol. The van der Waals surface area contributed by atoms with Crippen molar-refractivity contribution < 1.29 is 0 Å². The summed E-state index contributed by atoms with van der Waals surface area (Å²) in [5.41, 5.74) is 0. The second kappa shape index (κ2) is 3.35. The van der Waals surface area contributed by atoms with Gasteiger partial charge in [0.15, 0.2) is 0 Å². The maximum atomic E-state index is 3.50. The highest BCUT2D eigenvalue weighted by Crippen LogP contribution is 2.37. The number of rotatable bonds is 3. The average Bonchev–Trinajstić information content (AvgIpc) is 2.66. The number of hydrogen-bond donors (Lipinski definition) is 1. The molecule has 1 N–H and O–H groups in total. The van der Waals surface area contributed by atoms with Crippen LogP contribution >= 0.6 is 0 Å². The minimum atomic E-state index is 0.797. The van der Waals surface area contributed by atoms with Gasteiger partial charge >= 0.3 is 0 Å². The van der Waals surface area contributed by atoms with Crippen molar-refractivity contribution in [2.45, 2.75) is 25.3 Å². The largest absolute Gasteiger partial charge is 0.315 e. The zero-order chi connectivity index (χ0) is 8.55. The highest BCUT2D eigenvalue weighted by atomic mass is 15.2. The molecule has 12 heavy (non-hydrogen) atoms. The van der Waals surface area contributed by atoms with Crippen LogP contribution in [-0.4, -0.2) is 38.1 Å². The lowest BCUT2D eigenvalue weighted by atomic mass is 9.96. The Labute approximate surface area is 75.3 Å². The molecule has 0 aromatic heterocycles. The molecule has 0 radical (unpaired) electrons. The van der Waals surface area contributed by atoms with Crippen LogP contribution in [0.25, 0.3) is 0 Å². The summed E-state index contributed by atoms with van der Waals surface area (Å²) in [5.74, 6) is 2.00. The van der Waals surface area contributed by atoms with E-state index >= 15 is 0 Å². The molecule has 2 nitrogen and oxygen atoms in total. The number of likely N-dealkylation sites (N-methyl/N-ethyl adjacent to an activating group) is 1. The van der Waals surface area contributed by atoms with E-state index in [9.17, 15) is 0 Å². The lowest BCUT2D eigenvalue weighted by Crippen LogP contribution is -2.35. The summed E-state index contributed by atoms with van der Waals surface area (Å²) in [7, 11) is 4.41. The van der Waals surface area contributed by atoms with Crippen molar-refractivity contribution in [3.05, 3.63) is 0 Å². The van der Waals surface area contributed by atoms with Gasteiger partial charge in [0.05, 0.1) is 0 Å². The molecule has 2 aliphatic rings. The molecular weight excluding hydrogens is 148 g/mol. The van der Waals surface area contributed by atoms with E-state index in [1.165, 1.54) is 32.4 Å². The van der Waals surface area contributed by atoms with Crippen molar-refractivity contribution in [1.29, 1.82) is 0 Å². The quantitative estimate of drug-likeness (QED) is 0.674. The first-order valence-electron chi connectivity index (χ1n) is 5.14. The van der Waals surface area contributed by atoms with Crippen molar-refractivity contribution in [2.75, 3.05) is 27.2 Å². The molecule has 1 aliphatic heterocycles. The summed E-state index contributed by atoms with van der Waals surface area (Å²) in [5, 5.41) is 3.50. The first-order valence-corrected chi connectivity index (χ1v) is 5.14. The van der Waals surface area contributed by atoms with Crippen LogP contribution in [0, 0.1) is 11.8 Å². The summed E-state index contributed by atoms with van der Waals surface area (Å²) >= 11 is 0. The maximum absolute atomic E-state index is 3.50. The second-order valence-corrected chi connectivity index (χ2v) is 4.63. The first-order chi connectivity index (χ1) is 5.77. The van der Waals surface area contributed by atoms with Crippen LogP contribution in [0.2, 0.25) is 0 Å². The fraction of sp³-hybridized carbons (Fsp3) is 1.00. The molecule has 2 atom stereocenters. The highest BCUT2D eigenvalue weighted by Gasteiger charge is 2.33. The van der Waals surface area contributed by atoms with E-state index in [2.05, 4.69) is 24.3 Å². The Morgan fingerprint density at radius 3 is 2.58 bits per heavy atom. The minimum absolute atomic E-state index is 0.797. The molecule has 2 fully saturated rings. The fourth-order valence-corrected chi connectivity index (χ4v) is 2.35. The van der Waals surface area contributed by atoms with Gasteiger partial charge in [-0.25, -0.2) is 0 Å². The van der Waals surface area contributed by atoms with Crippen LogP contribution in [0.4, 0.5) is 0 Å². The molecule has 2 rings (SSSR count). The third kappa shape index (κ3) is 1.80. The molecule has 0 aromatic rings. The molecule has 0 amide bonds. The Morgan fingerprint density at radius 1 is 1.25 bits per heavy atom. The van der Waals surface area contributed by atoms with Gasteiger partial charge in [-0.1, -0.05) is 12.8 Å². The van der Waals surface area contributed by atoms with Gasteiger partial charge in [-0.05, 0) is 38.9 Å². The van der Waals surface area contributed by atoms with Gasteiger partial charge < -0.3 is 10.2 Å². The van der Waals surface area contributed by atoms with Gasteiger partial charge in [0.25, 0.3) is 0 Å². The normalized spacial score (nSPS) is 36.2. The van der Waals surface area contributed by atoms with E-state index in [0.29, 0.717) is 0 Å². The third-order valence-corrected chi connectivity index (χ3v) is 3.30. The molecule has 0 spiro atoms. The average molecular weight is 168 g/mol. The minimum Gasteiger partial charge on any atom is -0.315 e. The monoisotopic (exact) mass is 168 g/mol. The zero-order valence-electron chi connectivity index (χ0n) is 8.21. The summed E-state index contributed by atoms with van der Waals surface area (Å²) in [6.45, 7) is 2.45. The summed E-state index contributed by atoms with van der Waals surface area (Å²) < 4.78 is 0. The van der Waals surface area contributed by atoms with Gasteiger partial charge in [0.1, 0.15) is 0 Å². The van der Waals surface area contributed by atoms with Crippen LogP contribution < -0.4 is 5.32 Å². The van der Waals surface area contributed by atoms with Crippen LogP contribution in [0.15, 0.2) is 0 Å². The Balaban J connectivity index is 1.84. The Hall–Kier alpha value is -0.0800. The van der Waals surface area contributed by atoms with Crippen molar-refractivity contribution in [3.63, 3.8) is 0 Å². The highest BCUT2D eigenvalue weighted by molar-refractivity contribution is 4.90. The van der Waals surface area contributed by atoms with Gasteiger partial charge in [0, 0.05) is 12.6 Å².